The third-order valence-electron chi connectivity index (χ3n) is 2.02. The van der Waals surface area contributed by atoms with Gasteiger partial charge in [0.25, 0.3) is 0 Å². The highest BCUT2D eigenvalue weighted by Gasteiger charge is 2.34. The molecule has 0 aromatic heterocycles. The molecule has 0 N–H and O–H groups in total. The second kappa shape index (κ2) is 3.70. The van der Waals surface area contributed by atoms with E-state index in [9.17, 15) is 0 Å². The summed E-state index contributed by atoms with van der Waals surface area (Å²) in [6, 6.07) is 0. The van der Waals surface area contributed by atoms with Gasteiger partial charge in [-0.25, -0.2) is 0 Å². The van der Waals surface area contributed by atoms with Gasteiger partial charge in [-0.05, 0) is 6.42 Å². The number of rotatable bonds is 6. The SMILES string of the molecule is COC(OCCC1CO1)C1CO1. The van der Waals surface area contributed by atoms with Crippen molar-refractivity contribution in [2.45, 2.75) is 24.9 Å². The highest BCUT2D eigenvalue weighted by atomic mass is 16.7. The quantitative estimate of drug-likeness (QED) is 0.425. The molecule has 4 nitrogen and oxygen atoms in total. The van der Waals surface area contributed by atoms with Crippen LogP contribution < -0.4 is 0 Å². The molecule has 3 atom stereocenters. The molecule has 2 rings (SSSR count). The minimum Gasteiger partial charge on any atom is -0.373 e. The first-order chi connectivity index (χ1) is 5.90. The number of ether oxygens (including phenoxy) is 4. The predicted octanol–water partition coefficient (Wildman–Crippen LogP) is 0.163. The van der Waals surface area contributed by atoms with Crippen molar-refractivity contribution in [1.82, 2.24) is 0 Å². The van der Waals surface area contributed by atoms with Crippen LogP contribution in [0.4, 0.5) is 0 Å². The molecule has 0 radical (unpaired) electrons. The maximum Gasteiger partial charge on any atom is 0.185 e. The van der Waals surface area contributed by atoms with Crippen LogP contribution in [-0.4, -0.2) is 45.4 Å². The van der Waals surface area contributed by atoms with Crippen LogP contribution in [0.5, 0.6) is 0 Å². The summed E-state index contributed by atoms with van der Waals surface area (Å²) in [4.78, 5) is 0. The summed E-state index contributed by atoms with van der Waals surface area (Å²) in [6.07, 6.45) is 1.38. The highest BCUT2D eigenvalue weighted by molar-refractivity contribution is 4.74. The van der Waals surface area contributed by atoms with Gasteiger partial charge in [0.05, 0.1) is 25.9 Å². The molecule has 4 heteroatoms. The Morgan fingerprint density at radius 2 is 2.17 bits per heavy atom. The van der Waals surface area contributed by atoms with E-state index in [4.69, 9.17) is 18.9 Å². The molecule has 0 spiro atoms. The Hall–Kier alpha value is -0.160. The Kier molecular flexibility index (Phi) is 2.60. The van der Waals surface area contributed by atoms with Crippen molar-refractivity contribution in [3.63, 3.8) is 0 Å². The van der Waals surface area contributed by atoms with E-state index in [2.05, 4.69) is 0 Å². The second-order valence-corrected chi connectivity index (χ2v) is 3.09. The molecule has 2 aliphatic rings. The molecule has 12 heavy (non-hydrogen) atoms. The molecule has 0 amide bonds. The second-order valence-electron chi connectivity index (χ2n) is 3.09. The molecule has 0 bridgehead atoms. The minimum atomic E-state index is -0.177. The zero-order valence-corrected chi connectivity index (χ0v) is 7.19. The minimum absolute atomic E-state index is 0.162. The molecule has 2 saturated heterocycles. The molecule has 2 fully saturated rings. The van der Waals surface area contributed by atoms with Gasteiger partial charge in [0.1, 0.15) is 6.10 Å². The summed E-state index contributed by atoms with van der Waals surface area (Å²) in [6.45, 7) is 2.35. The first kappa shape index (κ1) is 8.44. The predicted molar refractivity (Wildman–Crippen MR) is 40.8 cm³/mol. The number of methoxy groups -OCH3 is 1. The lowest BCUT2D eigenvalue weighted by Gasteiger charge is -2.12. The Labute approximate surface area is 71.7 Å². The standard InChI is InChI=1S/C8H14O4/c1-9-8(7-5-12-7)10-3-2-6-4-11-6/h6-8H,2-5H2,1H3. The van der Waals surface area contributed by atoms with Crippen LogP contribution in [0.15, 0.2) is 0 Å². The van der Waals surface area contributed by atoms with Crippen LogP contribution in [0, 0.1) is 0 Å². The molecule has 0 aromatic rings. The van der Waals surface area contributed by atoms with E-state index in [0.717, 1.165) is 19.6 Å². The van der Waals surface area contributed by atoms with Crippen molar-refractivity contribution in [3.05, 3.63) is 0 Å². The number of hydrogen-bond donors (Lipinski definition) is 0. The molecule has 70 valence electrons. The topological polar surface area (TPSA) is 43.5 Å². The zero-order valence-electron chi connectivity index (χ0n) is 7.19. The van der Waals surface area contributed by atoms with Crippen molar-refractivity contribution in [1.29, 1.82) is 0 Å². The van der Waals surface area contributed by atoms with Crippen LogP contribution in [-0.2, 0) is 18.9 Å². The zero-order chi connectivity index (χ0) is 8.39. The van der Waals surface area contributed by atoms with Crippen molar-refractivity contribution in [2.24, 2.45) is 0 Å². The molecule has 0 aromatic carbocycles. The Bertz CT molecular complexity index is 142. The van der Waals surface area contributed by atoms with Crippen LogP contribution >= 0.6 is 0 Å². The van der Waals surface area contributed by atoms with E-state index < -0.39 is 0 Å². The van der Waals surface area contributed by atoms with Crippen molar-refractivity contribution in [2.75, 3.05) is 26.9 Å². The Balaban J connectivity index is 1.55. The van der Waals surface area contributed by atoms with E-state index in [1.807, 2.05) is 0 Å². The van der Waals surface area contributed by atoms with E-state index in [-0.39, 0.29) is 12.4 Å². The fourth-order valence-corrected chi connectivity index (χ4v) is 1.09. The highest BCUT2D eigenvalue weighted by Crippen LogP contribution is 2.19. The number of hydrogen-bond acceptors (Lipinski definition) is 4. The Morgan fingerprint density at radius 3 is 2.67 bits per heavy atom. The fraction of sp³-hybridized carbons (Fsp3) is 1.00. The van der Waals surface area contributed by atoms with Gasteiger partial charge in [0.2, 0.25) is 0 Å². The van der Waals surface area contributed by atoms with Crippen molar-refractivity contribution < 1.29 is 18.9 Å². The van der Waals surface area contributed by atoms with Gasteiger partial charge >= 0.3 is 0 Å². The lowest BCUT2D eigenvalue weighted by molar-refractivity contribution is -0.136. The third-order valence-corrected chi connectivity index (χ3v) is 2.02. The third kappa shape index (κ3) is 2.42. The molecule has 0 aliphatic carbocycles. The molecule has 0 saturated carbocycles. The first-order valence-electron chi connectivity index (χ1n) is 4.28. The monoisotopic (exact) mass is 174 g/mol. The molecular weight excluding hydrogens is 160 g/mol. The molecular formula is C8H14O4. The summed E-state index contributed by atoms with van der Waals surface area (Å²) in [5, 5.41) is 0. The fourth-order valence-electron chi connectivity index (χ4n) is 1.09. The van der Waals surface area contributed by atoms with E-state index in [0.29, 0.717) is 12.7 Å². The molecule has 2 aliphatic heterocycles. The summed E-state index contributed by atoms with van der Waals surface area (Å²) in [5.74, 6) is 0. The van der Waals surface area contributed by atoms with Gasteiger partial charge in [-0.15, -0.1) is 0 Å². The maximum atomic E-state index is 5.44. The lowest BCUT2D eigenvalue weighted by Crippen LogP contribution is -2.22. The smallest absolute Gasteiger partial charge is 0.185 e. The Morgan fingerprint density at radius 1 is 1.42 bits per heavy atom. The summed E-state index contributed by atoms with van der Waals surface area (Å²) in [7, 11) is 1.64. The van der Waals surface area contributed by atoms with Gasteiger partial charge in [-0.1, -0.05) is 0 Å². The van der Waals surface area contributed by atoms with Crippen LogP contribution in [0.1, 0.15) is 6.42 Å². The lowest BCUT2D eigenvalue weighted by atomic mass is 10.3. The van der Waals surface area contributed by atoms with E-state index in [1.165, 1.54) is 0 Å². The van der Waals surface area contributed by atoms with Gasteiger partial charge in [-0.2, -0.15) is 0 Å². The molecule has 3 unspecified atom stereocenters. The average Bonchev–Trinajstić information content (AvgIpc) is 2.87. The van der Waals surface area contributed by atoms with Gasteiger partial charge in [-0.3, -0.25) is 0 Å². The van der Waals surface area contributed by atoms with Gasteiger partial charge in [0.15, 0.2) is 6.29 Å². The van der Waals surface area contributed by atoms with Crippen molar-refractivity contribution in [3.8, 4) is 0 Å². The average molecular weight is 174 g/mol. The van der Waals surface area contributed by atoms with Gasteiger partial charge < -0.3 is 18.9 Å². The van der Waals surface area contributed by atoms with E-state index in [1.54, 1.807) is 7.11 Å². The summed E-state index contributed by atoms with van der Waals surface area (Å²) < 4.78 is 20.6. The van der Waals surface area contributed by atoms with Crippen LogP contribution in [0.3, 0.4) is 0 Å². The number of epoxide rings is 2. The van der Waals surface area contributed by atoms with Crippen LogP contribution in [0.2, 0.25) is 0 Å². The summed E-state index contributed by atoms with van der Waals surface area (Å²) in [5.41, 5.74) is 0. The van der Waals surface area contributed by atoms with E-state index >= 15 is 0 Å². The molecule has 2 heterocycles. The summed E-state index contributed by atoms with van der Waals surface area (Å²) >= 11 is 0. The van der Waals surface area contributed by atoms with Crippen LogP contribution in [0.25, 0.3) is 0 Å². The maximum absolute atomic E-state index is 5.44. The van der Waals surface area contributed by atoms with Gasteiger partial charge in [0, 0.05) is 7.11 Å². The first-order valence-corrected chi connectivity index (χ1v) is 4.28. The van der Waals surface area contributed by atoms with Crippen molar-refractivity contribution >= 4 is 0 Å². The largest absolute Gasteiger partial charge is 0.373 e. The normalized spacial score (nSPS) is 34.8.